The second kappa shape index (κ2) is 15.6. The van der Waals surface area contributed by atoms with Crippen LogP contribution in [-0.2, 0) is 5.41 Å². The fourth-order valence-corrected chi connectivity index (χ4v) is 10.4. The lowest BCUT2D eigenvalue weighted by atomic mass is 9.81. The molecule has 0 amide bonds. The second-order valence-corrected chi connectivity index (χ2v) is 17.6. The first kappa shape index (κ1) is 38.5. The van der Waals surface area contributed by atoms with E-state index >= 15 is 0 Å². The van der Waals surface area contributed by atoms with Gasteiger partial charge in [-0.3, -0.25) is 0 Å². The first-order valence-electron chi connectivity index (χ1n) is 22.5. The molecule has 0 saturated carbocycles. The van der Waals surface area contributed by atoms with E-state index in [1.807, 2.05) is 12.1 Å². The Kier molecular flexibility index (Phi) is 9.21. The van der Waals surface area contributed by atoms with Gasteiger partial charge in [0.15, 0.2) is 0 Å². The predicted octanol–water partition coefficient (Wildman–Crippen LogP) is 17.7. The van der Waals surface area contributed by atoms with E-state index in [9.17, 15) is 0 Å². The Balaban J connectivity index is 0.995. The molecule has 0 bridgehead atoms. The minimum absolute atomic E-state index is 0.0668. The maximum Gasteiger partial charge on any atom is 0.136 e. The number of benzene rings is 10. The molecule has 1 heterocycles. The number of anilines is 3. The quantitative estimate of drug-likeness (QED) is 0.152. The Hall–Kier alpha value is -8.20. The van der Waals surface area contributed by atoms with E-state index in [0.29, 0.717) is 0 Å². The summed E-state index contributed by atoms with van der Waals surface area (Å²) in [6, 6.07) is 85.8. The zero-order chi connectivity index (χ0) is 43.5. The fourth-order valence-electron chi connectivity index (χ4n) is 10.4. The largest absolute Gasteiger partial charge is 0.456 e. The highest BCUT2D eigenvalue weighted by Crippen LogP contribution is 2.50. The molecule has 1 aliphatic carbocycles. The summed E-state index contributed by atoms with van der Waals surface area (Å²) in [7, 11) is 0. The molecule has 0 N–H and O–H groups in total. The smallest absolute Gasteiger partial charge is 0.136 e. The third kappa shape index (κ3) is 6.49. The predicted molar refractivity (Wildman–Crippen MR) is 273 cm³/mol. The van der Waals surface area contributed by atoms with E-state index in [4.69, 9.17) is 4.42 Å². The van der Waals surface area contributed by atoms with Gasteiger partial charge in [0.2, 0.25) is 0 Å². The number of para-hydroxylation sites is 2. The summed E-state index contributed by atoms with van der Waals surface area (Å²) in [4.78, 5) is 2.42. The van der Waals surface area contributed by atoms with Crippen LogP contribution < -0.4 is 4.90 Å². The van der Waals surface area contributed by atoms with Crippen LogP contribution in [0.15, 0.2) is 241 Å². The molecule has 12 rings (SSSR count). The van der Waals surface area contributed by atoms with Crippen LogP contribution >= 0.6 is 0 Å². The van der Waals surface area contributed by atoms with Gasteiger partial charge in [0.25, 0.3) is 0 Å². The molecule has 0 spiro atoms. The van der Waals surface area contributed by atoms with Crippen LogP contribution in [0.25, 0.3) is 88.7 Å². The van der Waals surface area contributed by atoms with E-state index in [1.165, 1.54) is 61.2 Å². The Morgan fingerprint density at radius 3 is 1.55 bits per heavy atom. The number of hydrogen-bond acceptors (Lipinski definition) is 2. The maximum atomic E-state index is 6.30. The highest BCUT2D eigenvalue weighted by molar-refractivity contribution is 6.12. The van der Waals surface area contributed by atoms with Gasteiger partial charge in [-0.2, -0.15) is 0 Å². The molecule has 2 heteroatoms. The van der Waals surface area contributed by atoms with Crippen LogP contribution in [0.3, 0.4) is 0 Å². The number of fused-ring (bicyclic) bond motifs is 6. The van der Waals surface area contributed by atoms with Crippen molar-refractivity contribution in [3.63, 3.8) is 0 Å². The molecule has 10 aromatic carbocycles. The fraction of sp³-hybridized carbons (Fsp3) is 0.0476. The van der Waals surface area contributed by atoms with Crippen molar-refractivity contribution < 1.29 is 4.42 Å². The van der Waals surface area contributed by atoms with Crippen molar-refractivity contribution in [3.05, 3.63) is 248 Å². The summed E-state index contributed by atoms with van der Waals surface area (Å²) in [5.74, 6) is 0. The summed E-state index contributed by atoms with van der Waals surface area (Å²) >= 11 is 0. The Morgan fingerprint density at radius 1 is 0.323 bits per heavy atom. The molecule has 0 atom stereocenters. The molecule has 0 aliphatic heterocycles. The van der Waals surface area contributed by atoms with Crippen molar-refractivity contribution in [2.75, 3.05) is 4.90 Å². The molecular formula is C63H45NO. The van der Waals surface area contributed by atoms with Crippen molar-refractivity contribution in [1.29, 1.82) is 0 Å². The van der Waals surface area contributed by atoms with Crippen molar-refractivity contribution in [1.82, 2.24) is 0 Å². The molecule has 65 heavy (non-hydrogen) atoms. The topological polar surface area (TPSA) is 16.4 Å². The van der Waals surface area contributed by atoms with Crippen molar-refractivity contribution in [2.24, 2.45) is 0 Å². The lowest BCUT2D eigenvalue weighted by molar-refractivity contribution is 0.660. The molecular weight excluding hydrogens is 787 g/mol. The van der Waals surface area contributed by atoms with E-state index in [0.717, 1.165) is 55.7 Å². The average Bonchev–Trinajstić information content (AvgIpc) is 3.86. The van der Waals surface area contributed by atoms with Crippen LogP contribution in [0, 0.1) is 0 Å². The van der Waals surface area contributed by atoms with Gasteiger partial charge in [0.05, 0.1) is 5.69 Å². The van der Waals surface area contributed by atoms with Gasteiger partial charge in [-0.15, -0.1) is 0 Å². The lowest BCUT2D eigenvalue weighted by Crippen LogP contribution is -2.14. The molecule has 0 unspecified atom stereocenters. The SMILES string of the molecule is CC1(C)c2ccccc2-c2ccc(-c3ccc(N(c4ccc(-c5cccc6oc7ccccc7c56)cc4)c4ccccc4-c4ccccc4-c4ccccc4-c4ccccc4)cc3)cc21. The van der Waals surface area contributed by atoms with Crippen molar-refractivity contribution in [2.45, 2.75) is 19.3 Å². The summed E-state index contributed by atoms with van der Waals surface area (Å²) in [6.45, 7) is 4.70. The number of rotatable bonds is 8. The molecule has 2 nitrogen and oxygen atoms in total. The minimum Gasteiger partial charge on any atom is -0.456 e. The summed E-state index contributed by atoms with van der Waals surface area (Å²) in [6.07, 6.45) is 0. The molecule has 0 fully saturated rings. The third-order valence-electron chi connectivity index (χ3n) is 13.5. The maximum absolute atomic E-state index is 6.30. The van der Waals surface area contributed by atoms with E-state index in [-0.39, 0.29) is 5.41 Å². The first-order chi connectivity index (χ1) is 32.0. The summed E-state index contributed by atoms with van der Waals surface area (Å²) in [5, 5.41) is 2.27. The molecule has 1 aromatic heterocycles. The molecule has 11 aromatic rings. The van der Waals surface area contributed by atoms with Gasteiger partial charge in [-0.25, -0.2) is 0 Å². The van der Waals surface area contributed by atoms with Gasteiger partial charge in [0, 0.05) is 33.1 Å². The van der Waals surface area contributed by atoms with E-state index < -0.39 is 0 Å². The normalized spacial score (nSPS) is 12.6. The molecule has 0 radical (unpaired) electrons. The Bertz CT molecular complexity index is 3560. The van der Waals surface area contributed by atoms with Gasteiger partial charge in [-0.1, -0.05) is 202 Å². The summed E-state index contributed by atoms with van der Waals surface area (Å²) < 4.78 is 6.30. The monoisotopic (exact) mass is 831 g/mol. The summed E-state index contributed by atoms with van der Waals surface area (Å²) in [5.41, 5.74) is 22.2. The number of furan rings is 1. The van der Waals surface area contributed by atoms with Crippen LogP contribution in [0.5, 0.6) is 0 Å². The first-order valence-corrected chi connectivity index (χ1v) is 22.5. The average molecular weight is 832 g/mol. The zero-order valence-electron chi connectivity index (χ0n) is 36.4. The van der Waals surface area contributed by atoms with E-state index in [2.05, 4.69) is 243 Å². The van der Waals surface area contributed by atoms with Crippen LogP contribution in [-0.4, -0.2) is 0 Å². The Labute approximate surface area is 380 Å². The van der Waals surface area contributed by atoms with Gasteiger partial charge < -0.3 is 9.32 Å². The van der Waals surface area contributed by atoms with Crippen LogP contribution in [0.1, 0.15) is 25.0 Å². The molecule has 0 saturated heterocycles. The van der Waals surface area contributed by atoms with Crippen molar-refractivity contribution >= 4 is 39.0 Å². The van der Waals surface area contributed by atoms with Crippen LogP contribution in [0.4, 0.5) is 17.1 Å². The Morgan fingerprint density at radius 2 is 0.815 bits per heavy atom. The van der Waals surface area contributed by atoms with Gasteiger partial charge >= 0.3 is 0 Å². The van der Waals surface area contributed by atoms with Crippen molar-refractivity contribution in [3.8, 4) is 66.8 Å². The van der Waals surface area contributed by atoms with Gasteiger partial charge in [0.1, 0.15) is 11.2 Å². The van der Waals surface area contributed by atoms with Gasteiger partial charge in [-0.05, 0) is 121 Å². The highest BCUT2D eigenvalue weighted by Gasteiger charge is 2.35. The second-order valence-electron chi connectivity index (χ2n) is 17.6. The number of nitrogens with zero attached hydrogens (tertiary/aromatic N) is 1. The minimum atomic E-state index is -0.0668. The zero-order valence-corrected chi connectivity index (χ0v) is 36.4. The third-order valence-corrected chi connectivity index (χ3v) is 13.5. The lowest BCUT2D eigenvalue weighted by Gasteiger charge is -2.29. The molecule has 308 valence electrons. The molecule has 1 aliphatic rings. The van der Waals surface area contributed by atoms with E-state index in [1.54, 1.807) is 0 Å². The van der Waals surface area contributed by atoms with Crippen LogP contribution in [0.2, 0.25) is 0 Å². The standard InChI is InChI=1S/C63H45NO/c1-63(2)57-27-13-10-23-53(57)54-40-35-45(41-58(54)63)42-31-36-46(37-32-42)64(47-38-33-44(34-39-47)49-26-16-30-61-62(49)56-25-12-15-29-60(56)65-61)59-28-14-11-24-55(59)52-22-9-8-21-51(52)50-20-7-6-19-48(50)43-17-4-3-5-18-43/h3-41H,1-2H3. The number of hydrogen-bond donors (Lipinski definition) is 0. The highest BCUT2D eigenvalue weighted by atomic mass is 16.3.